The molecular weight excluding hydrogens is 597 g/mol. The molecule has 0 N–H and O–H groups in total. The summed E-state index contributed by atoms with van der Waals surface area (Å²) in [5, 5.41) is 7.17. The van der Waals surface area contributed by atoms with Crippen molar-refractivity contribution in [3.8, 4) is 16.8 Å². The molecule has 0 saturated heterocycles. The largest absolute Gasteiger partial charge is 0.456 e. The quantitative estimate of drug-likeness (QED) is 0.190. The second kappa shape index (κ2) is 11.0. The molecule has 3 nitrogen and oxygen atoms in total. The molecule has 230 valence electrons. The van der Waals surface area contributed by atoms with Crippen LogP contribution in [0.1, 0.15) is 0 Å². The van der Waals surface area contributed by atoms with Crippen molar-refractivity contribution in [2.24, 2.45) is 0 Å². The minimum atomic E-state index is 0.907. The van der Waals surface area contributed by atoms with Gasteiger partial charge in [-0.15, -0.1) is 0 Å². The number of anilines is 3. The third-order valence-corrected chi connectivity index (χ3v) is 9.74. The molecule has 0 amide bonds. The van der Waals surface area contributed by atoms with Crippen LogP contribution in [-0.2, 0) is 0 Å². The van der Waals surface area contributed by atoms with Gasteiger partial charge in [-0.3, -0.25) is 0 Å². The summed E-state index contributed by atoms with van der Waals surface area (Å²) in [6.45, 7) is 0. The summed E-state index contributed by atoms with van der Waals surface area (Å²) < 4.78 is 8.65. The minimum Gasteiger partial charge on any atom is -0.456 e. The van der Waals surface area contributed by atoms with E-state index in [4.69, 9.17) is 4.42 Å². The molecule has 0 aliphatic heterocycles. The SMILES string of the molecule is c1ccc(N(c2ccc(-c3ccc4oc5cc6ccccc6cc5c4c3)cc2)c2ccc3c4ccccc4n(-c4ccccc4)c3c2)cc1. The fourth-order valence-electron chi connectivity index (χ4n) is 7.42. The van der Waals surface area contributed by atoms with Crippen molar-refractivity contribution in [2.45, 2.75) is 0 Å². The Morgan fingerprint density at radius 3 is 1.80 bits per heavy atom. The Labute approximate surface area is 283 Å². The van der Waals surface area contributed by atoms with Crippen LogP contribution in [0.3, 0.4) is 0 Å². The molecule has 0 aliphatic carbocycles. The average molecular weight is 627 g/mol. The van der Waals surface area contributed by atoms with Gasteiger partial charge in [0.1, 0.15) is 11.2 Å². The van der Waals surface area contributed by atoms with Crippen molar-refractivity contribution in [2.75, 3.05) is 4.90 Å². The van der Waals surface area contributed by atoms with Gasteiger partial charge in [0.05, 0.1) is 11.0 Å². The van der Waals surface area contributed by atoms with Crippen LogP contribution < -0.4 is 4.90 Å². The third-order valence-electron chi connectivity index (χ3n) is 9.74. The van der Waals surface area contributed by atoms with Crippen LogP contribution in [-0.4, -0.2) is 4.57 Å². The molecule has 0 bridgehead atoms. The van der Waals surface area contributed by atoms with E-state index in [1.54, 1.807) is 0 Å². The van der Waals surface area contributed by atoms with Crippen molar-refractivity contribution in [1.29, 1.82) is 0 Å². The van der Waals surface area contributed by atoms with Gasteiger partial charge < -0.3 is 13.9 Å². The topological polar surface area (TPSA) is 21.3 Å². The Morgan fingerprint density at radius 1 is 0.367 bits per heavy atom. The van der Waals surface area contributed by atoms with Gasteiger partial charge in [-0.1, -0.05) is 103 Å². The Kier molecular flexibility index (Phi) is 6.18. The van der Waals surface area contributed by atoms with E-state index in [0.717, 1.165) is 55.8 Å². The molecule has 0 spiro atoms. The van der Waals surface area contributed by atoms with Crippen LogP contribution in [0.4, 0.5) is 17.1 Å². The van der Waals surface area contributed by atoms with Gasteiger partial charge >= 0.3 is 0 Å². The second-order valence-corrected chi connectivity index (χ2v) is 12.6. The Hall–Kier alpha value is -6.58. The van der Waals surface area contributed by atoms with E-state index in [9.17, 15) is 0 Å². The zero-order valence-electron chi connectivity index (χ0n) is 26.6. The first-order valence-electron chi connectivity index (χ1n) is 16.7. The lowest BCUT2D eigenvalue weighted by molar-refractivity contribution is 0.669. The number of hydrogen-bond acceptors (Lipinski definition) is 2. The molecule has 10 rings (SSSR count). The molecular formula is C46H30N2O. The molecule has 0 unspecified atom stereocenters. The van der Waals surface area contributed by atoms with Crippen molar-refractivity contribution >= 4 is 71.6 Å². The van der Waals surface area contributed by atoms with Gasteiger partial charge in [0.25, 0.3) is 0 Å². The highest BCUT2D eigenvalue weighted by atomic mass is 16.3. The lowest BCUT2D eigenvalue weighted by Crippen LogP contribution is -2.10. The number of aromatic nitrogens is 1. The molecule has 0 aliphatic rings. The Bertz CT molecular complexity index is 2810. The van der Waals surface area contributed by atoms with E-state index in [0.29, 0.717) is 0 Å². The summed E-state index contributed by atoms with van der Waals surface area (Å²) in [5.74, 6) is 0. The lowest BCUT2D eigenvalue weighted by atomic mass is 10.0. The maximum atomic E-state index is 6.28. The first-order valence-corrected chi connectivity index (χ1v) is 16.7. The predicted molar refractivity (Wildman–Crippen MR) is 206 cm³/mol. The van der Waals surface area contributed by atoms with Gasteiger partial charge in [0, 0.05) is 44.3 Å². The van der Waals surface area contributed by atoms with E-state index in [2.05, 4.69) is 191 Å². The van der Waals surface area contributed by atoms with Crippen LogP contribution in [0.15, 0.2) is 186 Å². The molecule has 8 aromatic carbocycles. The standard InChI is InChI=1S/C46H30N2O/c1-3-13-35(14-4-1)47(38-24-25-40-39-17-9-10-18-43(39)48(44(40)30-38)36-15-5-2-6-16-36)37-22-19-31(20-23-37)34-21-26-45-41(28-34)42-27-32-11-7-8-12-33(32)29-46(42)49-45/h1-30H. The number of benzene rings is 8. The fraction of sp³-hybridized carbons (Fsp3) is 0. The molecule has 2 aromatic heterocycles. The zero-order valence-corrected chi connectivity index (χ0v) is 26.6. The van der Waals surface area contributed by atoms with Crippen LogP contribution in [0.5, 0.6) is 0 Å². The van der Waals surface area contributed by atoms with Crippen molar-refractivity contribution in [3.63, 3.8) is 0 Å². The molecule has 10 aromatic rings. The fourth-order valence-corrected chi connectivity index (χ4v) is 7.42. The van der Waals surface area contributed by atoms with E-state index in [-0.39, 0.29) is 0 Å². The van der Waals surface area contributed by atoms with E-state index < -0.39 is 0 Å². The number of rotatable bonds is 5. The molecule has 3 heteroatoms. The highest BCUT2D eigenvalue weighted by Gasteiger charge is 2.18. The monoisotopic (exact) mass is 626 g/mol. The third kappa shape index (κ3) is 4.51. The van der Waals surface area contributed by atoms with Crippen LogP contribution >= 0.6 is 0 Å². The summed E-state index contributed by atoms with van der Waals surface area (Å²) in [7, 11) is 0. The van der Waals surface area contributed by atoms with E-state index >= 15 is 0 Å². The number of nitrogens with zero attached hydrogens (tertiary/aromatic N) is 2. The predicted octanol–water partition coefficient (Wildman–Crippen LogP) is 13.0. The number of hydrogen-bond donors (Lipinski definition) is 0. The normalized spacial score (nSPS) is 11.7. The number of fused-ring (bicyclic) bond motifs is 7. The highest BCUT2D eigenvalue weighted by molar-refractivity contribution is 6.12. The molecule has 0 fully saturated rings. The van der Waals surface area contributed by atoms with Gasteiger partial charge in [-0.2, -0.15) is 0 Å². The molecule has 0 radical (unpaired) electrons. The lowest BCUT2D eigenvalue weighted by Gasteiger charge is -2.26. The summed E-state index contributed by atoms with van der Waals surface area (Å²) in [6, 6.07) is 65.0. The first-order chi connectivity index (χ1) is 24.3. The van der Waals surface area contributed by atoms with Gasteiger partial charge in [-0.25, -0.2) is 0 Å². The average Bonchev–Trinajstić information content (AvgIpc) is 3.69. The van der Waals surface area contributed by atoms with Crippen LogP contribution in [0, 0.1) is 0 Å². The highest BCUT2D eigenvalue weighted by Crippen LogP contribution is 2.41. The molecule has 2 heterocycles. The molecule has 49 heavy (non-hydrogen) atoms. The second-order valence-electron chi connectivity index (χ2n) is 12.6. The number of para-hydroxylation sites is 3. The van der Waals surface area contributed by atoms with Crippen molar-refractivity contribution < 1.29 is 4.42 Å². The summed E-state index contributed by atoms with van der Waals surface area (Å²) in [4.78, 5) is 2.34. The maximum absolute atomic E-state index is 6.28. The van der Waals surface area contributed by atoms with E-state index in [1.807, 2.05) is 0 Å². The maximum Gasteiger partial charge on any atom is 0.136 e. The molecule has 0 atom stereocenters. The Morgan fingerprint density at radius 2 is 0.980 bits per heavy atom. The summed E-state index contributed by atoms with van der Waals surface area (Å²) in [5.41, 5.74) is 11.0. The van der Waals surface area contributed by atoms with Gasteiger partial charge in [-0.05, 0) is 101 Å². The molecule has 0 saturated carbocycles. The van der Waals surface area contributed by atoms with Crippen LogP contribution in [0.2, 0.25) is 0 Å². The summed E-state index contributed by atoms with van der Waals surface area (Å²) in [6.07, 6.45) is 0. The van der Waals surface area contributed by atoms with Crippen LogP contribution in [0.25, 0.3) is 71.3 Å². The number of furan rings is 1. The van der Waals surface area contributed by atoms with Gasteiger partial charge in [0.15, 0.2) is 0 Å². The van der Waals surface area contributed by atoms with Crippen molar-refractivity contribution in [3.05, 3.63) is 182 Å². The minimum absolute atomic E-state index is 0.907. The Balaban J connectivity index is 1.09. The first kappa shape index (κ1) is 27.5. The smallest absolute Gasteiger partial charge is 0.136 e. The van der Waals surface area contributed by atoms with Crippen molar-refractivity contribution in [1.82, 2.24) is 4.57 Å². The zero-order chi connectivity index (χ0) is 32.3. The summed E-state index contributed by atoms with van der Waals surface area (Å²) >= 11 is 0. The van der Waals surface area contributed by atoms with Gasteiger partial charge in [0.2, 0.25) is 0 Å². The van der Waals surface area contributed by atoms with E-state index in [1.165, 1.54) is 32.6 Å².